The van der Waals surface area contributed by atoms with Gasteiger partial charge in [0, 0.05) is 0 Å². The van der Waals surface area contributed by atoms with Crippen molar-refractivity contribution in [2.45, 2.75) is 20.8 Å². The number of benzene rings is 2. The van der Waals surface area contributed by atoms with E-state index in [-0.39, 0.29) is 5.41 Å². The summed E-state index contributed by atoms with van der Waals surface area (Å²) in [5.74, 6) is 0. The average Bonchev–Trinajstić information content (AvgIpc) is 2.27. The Balaban J connectivity index is 2.35. The maximum Gasteiger partial charge on any atom is -0.0127 e. The summed E-state index contributed by atoms with van der Waals surface area (Å²) in [5, 5.41) is 2.56. The quantitative estimate of drug-likeness (QED) is 0.592. The molecule has 0 aliphatic heterocycles. The summed E-state index contributed by atoms with van der Waals surface area (Å²) >= 11 is 0. The molecule has 86 valence electrons. The summed E-state index contributed by atoms with van der Waals surface area (Å²) in [6.07, 6.45) is 4.14. The average molecular weight is 222 g/mol. The molecule has 0 saturated carbocycles. The highest BCUT2D eigenvalue weighted by molar-refractivity contribution is 5.84. The molecule has 0 spiro atoms. The van der Waals surface area contributed by atoms with Crippen LogP contribution in [0.3, 0.4) is 0 Å². The second-order valence-electron chi connectivity index (χ2n) is 5.43. The van der Waals surface area contributed by atoms with E-state index in [4.69, 9.17) is 0 Å². The lowest BCUT2D eigenvalue weighted by Crippen LogP contribution is -1.96. The number of hydrogen-bond donors (Lipinski definition) is 0. The first kappa shape index (κ1) is 11.7. The van der Waals surface area contributed by atoms with Gasteiger partial charge in [-0.15, -0.1) is 5.73 Å². The Morgan fingerprint density at radius 1 is 0.941 bits per heavy atom. The molecule has 0 N–H and O–H groups in total. The van der Waals surface area contributed by atoms with Crippen LogP contribution in [-0.4, -0.2) is 0 Å². The number of hydrogen-bond acceptors (Lipinski definition) is 0. The fraction of sp³-hybridized carbons (Fsp3) is 0.235. The van der Waals surface area contributed by atoms with Gasteiger partial charge in [0.1, 0.15) is 0 Å². The molecule has 17 heavy (non-hydrogen) atoms. The SMILES string of the molecule is CC(C)(C)C=C=Cc1ccc2ccccc2c1. The van der Waals surface area contributed by atoms with E-state index < -0.39 is 0 Å². The normalized spacial score (nSPS) is 11.0. The van der Waals surface area contributed by atoms with Gasteiger partial charge in [0.25, 0.3) is 0 Å². The van der Waals surface area contributed by atoms with Crippen LogP contribution in [0.1, 0.15) is 26.3 Å². The van der Waals surface area contributed by atoms with Crippen LogP contribution >= 0.6 is 0 Å². The first-order valence-electron chi connectivity index (χ1n) is 5.97. The molecule has 0 saturated heterocycles. The molecular formula is C17H18. The molecule has 0 atom stereocenters. The minimum Gasteiger partial charge on any atom is -0.124 e. The van der Waals surface area contributed by atoms with Crippen molar-refractivity contribution in [3.8, 4) is 0 Å². The van der Waals surface area contributed by atoms with Crippen LogP contribution in [0.2, 0.25) is 0 Å². The molecule has 0 unspecified atom stereocenters. The Bertz CT molecular complexity index is 576. The van der Waals surface area contributed by atoms with Crippen LogP contribution in [-0.2, 0) is 0 Å². The topological polar surface area (TPSA) is 0 Å². The van der Waals surface area contributed by atoms with Crippen molar-refractivity contribution in [3.05, 3.63) is 59.8 Å². The van der Waals surface area contributed by atoms with Gasteiger partial charge in [-0.3, -0.25) is 0 Å². The predicted octanol–water partition coefficient (Wildman–Crippen LogP) is 5.05. The van der Waals surface area contributed by atoms with Crippen molar-refractivity contribution in [2.75, 3.05) is 0 Å². The number of fused-ring (bicyclic) bond motifs is 1. The summed E-state index contributed by atoms with van der Waals surface area (Å²) in [4.78, 5) is 0. The Morgan fingerprint density at radius 3 is 2.35 bits per heavy atom. The Morgan fingerprint density at radius 2 is 1.65 bits per heavy atom. The Labute approximate surface area is 103 Å². The summed E-state index contributed by atoms with van der Waals surface area (Å²) in [6.45, 7) is 6.52. The minimum atomic E-state index is 0.188. The fourth-order valence-corrected chi connectivity index (χ4v) is 1.69. The first-order chi connectivity index (χ1) is 8.04. The highest BCUT2D eigenvalue weighted by atomic mass is 14.1. The molecular weight excluding hydrogens is 204 g/mol. The summed E-state index contributed by atoms with van der Waals surface area (Å²) < 4.78 is 0. The third-order valence-corrected chi connectivity index (χ3v) is 2.54. The monoisotopic (exact) mass is 222 g/mol. The molecule has 0 nitrogen and oxygen atoms in total. The predicted molar refractivity (Wildman–Crippen MR) is 76.0 cm³/mol. The second-order valence-corrected chi connectivity index (χ2v) is 5.43. The molecule has 2 aromatic rings. The van der Waals surface area contributed by atoms with E-state index in [2.05, 4.69) is 75.0 Å². The highest BCUT2D eigenvalue weighted by Crippen LogP contribution is 2.17. The standard InChI is InChI=1S/C17H18/c1-17(2,3)12-6-7-14-10-11-15-8-4-5-9-16(15)13-14/h4-5,7-13H,1-3H3. The van der Waals surface area contributed by atoms with Crippen LogP contribution in [0.15, 0.2) is 54.3 Å². The molecule has 0 radical (unpaired) electrons. The van der Waals surface area contributed by atoms with E-state index in [0.717, 1.165) is 0 Å². The minimum absolute atomic E-state index is 0.188. The van der Waals surface area contributed by atoms with Gasteiger partial charge in [-0.1, -0.05) is 57.2 Å². The smallest absolute Gasteiger partial charge is 0.0127 e. The van der Waals surface area contributed by atoms with Gasteiger partial charge in [0.2, 0.25) is 0 Å². The lowest BCUT2D eigenvalue weighted by molar-refractivity contribution is 0.545. The highest BCUT2D eigenvalue weighted by Gasteiger charge is 2.02. The van der Waals surface area contributed by atoms with Gasteiger partial charge in [-0.25, -0.2) is 0 Å². The molecule has 0 amide bonds. The molecule has 0 heterocycles. The summed E-state index contributed by atoms with van der Waals surface area (Å²) in [7, 11) is 0. The lowest BCUT2D eigenvalue weighted by Gasteiger charge is -2.08. The summed E-state index contributed by atoms with van der Waals surface area (Å²) in [6, 6.07) is 14.9. The lowest BCUT2D eigenvalue weighted by atomic mass is 9.97. The fourth-order valence-electron chi connectivity index (χ4n) is 1.69. The third kappa shape index (κ3) is 3.34. The van der Waals surface area contributed by atoms with Crippen LogP contribution < -0.4 is 0 Å². The zero-order valence-corrected chi connectivity index (χ0v) is 10.7. The largest absolute Gasteiger partial charge is 0.124 e. The third-order valence-electron chi connectivity index (χ3n) is 2.54. The maximum absolute atomic E-state index is 3.26. The van der Waals surface area contributed by atoms with Crippen LogP contribution in [0, 0.1) is 5.41 Å². The van der Waals surface area contributed by atoms with Crippen molar-refractivity contribution < 1.29 is 0 Å². The Hall–Kier alpha value is -1.78. The molecule has 0 aromatic heterocycles. The molecule has 0 aliphatic rings. The van der Waals surface area contributed by atoms with E-state index in [1.54, 1.807) is 0 Å². The second kappa shape index (κ2) is 4.61. The van der Waals surface area contributed by atoms with Crippen molar-refractivity contribution in [1.29, 1.82) is 0 Å². The van der Waals surface area contributed by atoms with E-state index in [1.807, 2.05) is 6.08 Å². The zero-order chi connectivity index (χ0) is 12.3. The van der Waals surface area contributed by atoms with Crippen molar-refractivity contribution >= 4 is 16.8 Å². The molecule has 2 aromatic carbocycles. The van der Waals surface area contributed by atoms with Crippen LogP contribution in [0.25, 0.3) is 16.8 Å². The van der Waals surface area contributed by atoms with Crippen LogP contribution in [0.5, 0.6) is 0 Å². The van der Waals surface area contributed by atoms with E-state index in [0.29, 0.717) is 0 Å². The van der Waals surface area contributed by atoms with Gasteiger partial charge in [0.15, 0.2) is 0 Å². The van der Waals surface area contributed by atoms with E-state index >= 15 is 0 Å². The number of rotatable bonds is 1. The summed E-state index contributed by atoms with van der Waals surface area (Å²) in [5.41, 5.74) is 4.64. The van der Waals surface area contributed by atoms with Gasteiger partial charge < -0.3 is 0 Å². The van der Waals surface area contributed by atoms with Gasteiger partial charge in [-0.05, 0) is 40.0 Å². The van der Waals surface area contributed by atoms with Crippen LogP contribution in [0.4, 0.5) is 0 Å². The van der Waals surface area contributed by atoms with Gasteiger partial charge >= 0.3 is 0 Å². The van der Waals surface area contributed by atoms with E-state index in [1.165, 1.54) is 16.3 Å². The molecule has 0 aliphatic carbocycles. The molecule has 0 fully saturated rings. The first-order valence-corrected chi connectivity index (χ1v) is 5.97. The molecule has 0 heteroatoms. The van der Waals surface area contributed by atoms with Crippen molar-refractivity contribution in [2.24, 2.45) is 5.41 Å². The number of allylic oxidation sites excluding steroid dienone is 1. The molecule has 0 bridgehead atoms. The van der Waals surface area contributed by atoms with Gasteiger partial charge in [0.05, 0.1) is 0 Å². The van der Waals surface area contributed by atoms with Crippen molar-refractivity contribution in [3.63, 3.8) is 0 Å². The zero-order valence-electron chi connectivity index (χ0n) is 10.7. The van der Waals surface area contributed by atoms with Gasteiger partial charge in [-0.2, -0.15) is 0 Å². The molecule has 2 rings (SSSR count). The van der Waals surface area contributed by atoms with E-state index in [9.17, 15) is 0 Å². The Kier molecular flexibility index (Phi) is 3.17. The van der Waals surface area contributed by atoms with Crippen molar-refractivity contribution in [1.82, 2.24) is 0 Å². The maximum atomic E-state index is 3.26.